The van der Waals surface area contributed by atoms with Crippen LogP contribution in [0, 0.1) is 0 Å². The first kappa shape index (κ1) is 15.6. The van der Waals surface area contributed by atoms with Crippen LogP contribution < -0.4 is 0 Å². The highest BCUT2D eigenvalue weighted by Gasteiger charge is 2.26. The van der Waals surface area contributed by atoms with Crippen molar-refractivity contribution in [2.75, 3.05) is 19.7 Å². The van der Waals surface area contributed by atoms with Crippen molar-refractivity contribution in [2.45, 2.75) is 45.9 Å². The maximum Gasteiger partial charge on any atom is 0.163 e. The van der Waals surface area contributed by atoms with E-state index in [9.17, 15) is 0 Å². The van der Waals surface area contributed by atoms with Gasteiger partial charge in [0.1, 0.15) is 12.4 Å². The number of aromatic nitrogens is 4. The van der Waals surface area contributed by atoms with Crippen molar-refractivity contribution in [1.82, 2.24) is 24.6 Å². The number of ether oxygens (including phenoxy) is 1. The fourth-order valence-corrected chi connectivity index (χ4v) is 3.47. The summed E-state index contributed by atoms with van der Waals surface area (Å²) in [5.74, 6) is 1.42. The predicted molar refractivity (Wildman–Crippen MR) is 85.9 cm³/mol. The average molecular weight is 321 g/mol. The molecule has 6 nitrogen and oxygen atoms in total. The lowest BCUT2D eigenvalue weighted by Crippen LogP contribution is -2.38. The topological polar surface area (TPSA) is 56.1 Å². The van der Waals surface area contributed by atoms with E-state index in [0.717, 1.165) is 44.3 Å². The van der Waals surface area contributed by atoms with Crippen molar-refractivity contribution >= 4 is 11.3 Å². The van der Waals surface area contributed by atoms with Crippen LogP contribution in [0.5, 0.6) is 0 Å². The van der Waals surface area contributed by atoms with Crippen LogP contribution in [-0.4, -0.2) is 44.3 Å². The van der Waals surface area contributed by atoms with E-state index in [1.54, 1.807) is 17.7 Å². The van der Waals surface area contributed by atoms with Gasteiger partial charge in [0, 0.05) is 37.5 Å². The minimum atomic E-state index is -0.000551. The molecule has 0 unspecified atom stereocenters. The standard InChI is InChI=1S/C15H23N5OS/c1-4-20-10-16-18-14(20)13-8-19(5-6-21-13)7-12-9-22-15(17-12)11(2)3/h9-11,13H,4-8H2,1-3H3/t13-/m0/s1. The van der Waals surface area contributed by atoms with Crippen molar-refractivity contribution in [1.29, 1.82) is 0 Å². The molecule has 0 amide bonds. The minimum absolute atomic E-state index is 0.000551. The molecule has 0 bridgehead atoms. The first-order valence-corrected chi connectivity index (χ1v) is 8.71. The van der Waals surface area contributed by atoms with Gasteiger partial charge in [-0.15, -0.1) is 21.5 Å². The third-order valence-corrected chi connectivity index (χ3v) is 5.07. The zero-order valence-electron chi connectivity index (χ0n) is 13.4. The maximum atomic E-state index is 5.89. The summed E-state index contributed by atoms with van der Waals surface area (Å²) in [6, 6.07) is 0. The number of hydrogen-bond acceptors (Lipinski definition) is 6. The molecule has 7 heteroatoms. The molecule has 2 aromatic heterocycles. The van der Waals surface area contributed by atoms with E-state index < -0.39 is 0 Å². The Morgan fingerprint density at radius 3 is 3.05 bits per heavy atom. The molecule has 0 aliphatic carbocycles. The largest absolute Gasteiger partial charge is 0.368 e. The van der Waals surface area contributed by atoms with Gasteiger partial charge in [-0.2, -0.15) is 0 Å². The molecule has 1 aliphatic rings. The van der Waals surface area contributed by atoms with Crippen LogP contribution in [0.3, 0.4) is 0 Å². The summed E-state index contributed by atoms with van der Waals surface area (Å²) in [5, 5.41) is 11.6. The first-order chi connectivity index (χ1) is 10.7. The number of aryl methyl sites for hydroxylation is 1. The SMILES string of the molecule is CCn1cnnc1[C@@H]1CN(Cc2csc(C(C)C)n2)CCO1. The Balaban J connectivity index is 1.65. The van der Waals surface area contributed by atoms with Gasteiger partial charge in [-0.1, -0.05) is 13.8 Å². The van der Waals surface area contributed by atoms with Crippen molar-refractivity contribution in [3.8, 4) is 0 Å². The van der Waals surface area contributed by atoms with Gasteiger partial charge in [0.15, 0.2) is 5.82 Å². The lowest BCUT2D eigenvalue weighted by atomic mass is 10.2. The van der Waals surface area contributed by atoms with Crippen LogP contribution >= 0.6 is 11.3 Å². The van der Waals surface area contributed by atoms with Crippen LogP contribution in [0.1, 0.15) is 49.3 Å². The molecular weight excluding hydrogens is 298 g/mol. The van der Waals surface area contributed by atoms with Gasteiger partial charge < -0.3 is 9.30 Å². The second-order valence-corrected chi connectivity index (χ2v) is 6.79. The van der Waals surface area contributed by atoms with Crippen molar-refractivity contribution in [3.05, 3.63) is 28.2 Å². The summed E-state index contributed by atoms with van der Waals surface area (Å²) in [5.41, 5.74) is 1.16. The molecule has 1 saturated heterocycles. The molecule has 0 aromatic carbocycles. The molecule has 1 fully saturated rings. The third kappa shape index (κ3) is 3.37. The molecule has 3 heterocycles. The molecule has 1 atom stereocenters. The molecule has 0 spiro atoms. The Labute approximate surface area is 135 Å². The summed E-state index contributed by atoms with van der Waals surface area (Å²) >= 11 is 1.76. The van der Waals surface area contributed by atoms with Gasteiger partial charge in [0.2, 0.25) is 0 Å². The van der Waals surface area contributed by atoms with Gasteiger partial charge in [-0.05, 0) is 6.92 Å². The monoisotopic (exact) mass is 321 g/mol. The van der Waals surface area contributed by atoms with Crippen LogP contribution in [0.25, 0.3) is 0 Å². The van der Waals surface area contributed by atoms with Crippen molar-refractivity contribution in [3.63, 3.8) is 0 Å². The van der Waals surface area contributed by atoms with Gasteiger partial charge in [-0.3, -0.25) is 4.90 Å². The van der Waals surface area contributed by atoms with E-state index in [1.807, 2.05) is 4.57 Å². The fourth-order valence-electron chi connectivity index (χ4n) is 2.65. The molecule has 3 rings (SSSR count). The van der Waals surface area contributed by atoms with Gasteiger partial charge in [0.05, 0.1) is 17.3 Å². The zero-order valence-corrected chi connectivity index (χ0v) is 14.2. The maximum absolute atomic E-state index is 5.89. The van der Waals surface area contributed by atoms with Crippen LogP contribution in [0.15, 0.2) is 11.7 Å². The lowest BCUT2D eigenvalue weighted by Gasteiger charge is -2.31. The lowest BCUT2D eigenvalue weighted by molar-refractivity contribution is -0.0391. The summed E-state index contributed by atoms with van der Waals surface area (Å²) in [7, 11) is 0. The summed E-state index contributed by atoms with van der Waals surface area (Å²) in [6.07, 6.45) is 1.77. The number of rotatable bonds is 5. The molecule has 22 heavy (non-hydrogen) atoms. The number of hydrogen-bond donors (Lipinski definition) is 0. The Morgan fingerprint density at radius 2 is 2.32 bits per heavy atom. The molecule has 0 radical (unpaired) electrons. The number of thiazole rings is 1. The second kappa shape index (κ2) is 6.85. The van der Waals surface area contributed by atoms with E-state index >= 15 is 0 Å². The average Bonchev–Trinajstić information content (AvgIpc) is 3.16. The quantitative estimate of drug-likeness (QED) is 0.846. The second-order valence-electron chi connectivity index (χ2n) is 5.90. The number of nitrogens with zero attached hydrogens (tertiary/aromatic N) is 5. The van der Waals surface area contributed by atoms with E-state index in [1.165, 1.54) is 5.01 Å². The highest BCUT2D eigenvalue weighted by Crippen LogP contribution is 2.24. The van der Waals surface area contributed by atoms with E-state index in [4.69, 9.17) is 9.72 Å². The van der Waals surface area contributed by atoms with Gasteiger partial charge >= 0.3 is 0 Å². The first-order valence-electron chi connectivity index (χ1n) is 7.83. The fraction of sp³-hybridized carbons (Fsp3) is 0.667. The minimum Gasteiger partial charge on any atom is -0.368 e. The normalized spacial score (nSPS) is 19.9. The summed E-state index contributed by atoms with van der Waals surface area (Å²) in [6.45, 7) is 10.7. The van der Waals surface area contributed by atoms with E-state index in [2.05, 4.69) is 41.2 Å². The van der Waals surface area contributed by atoms with Crippen molar-refractivity contribution < 1.29 is 4.74 Å². The molecule has 0 N–H and O–H groups in total. The molecule has 1 aliphatic heterocycles. The smallest absolute Gasteiger partial charge is 0.163 e. The highest BCUT2D eigenvalue weighted by molar-refractivity contribution is 7.09. The van der Waals surface area contributed by atoms with Gasteiger partial charge in [-0.25, -0.2) is 4.98 Å². The van der Waals surface area contributed by atoms with Crippen LogP contribution in [0.4, 0.5) is 0 Å². The Bertz CT molecular complexity index is 609. The Hall–Kier alpha value is -1.31. The molecule has 0 saturated carbocycles. The molecule has 120 valence electrons. The predicted octanol–water partition coefficient (Wildman–Crippen LogP) is 2.45. The van der Waals surface area contributed by atoms with E-state index in [-0.39, 0.29) is 6.10 Å². The van der Waals surface area contributed by atoms with E-state index in [0.29, 0.717) is 5.92 Å². The number of morpholine rings is 1. The zero-order chi connectivity index (χ0) is 15.5. The summed E-state index contributed by atoms with van der Waals surface area (Å²) in [4.78, 5) is 7.12. The summed E-state index contributed by atoms with van der Waals surface area (Å²) < 4.78 is 7.94. The van der Waals surface area contributed by atoms with Crippen LogP contribution in [0.2, 0.25) is 0 Å². The van der Waals surface area contributed by atoms with Crippen LogP contribution in [-0.2, 0) is 17.8 Å². The molecular formula is C15H23N5OS. The van der Waals surface area contributed by atoms with Crippen molar-refractivity contribution in [2.24, 2.45) is 0 Å². The Kier molecular flexibility index (Phi) is 4.85. The molecule has 2 aromatic rings. The van der Waals surface area contributed by atoms with Gasteiger partial charge in [0.25, 0.3) is 0 Å². The third-order valence-electron chi connectivity index (χ3n) is 3.87. The highest BCUT2D eigenvalue weighted by atomic mass is 32.1. The Morgan fingerprint density at radius 1 is 1.45 bits per heavy atom.